The summed E-state index contributed by atoms with van der Waals surface area (Å²) in [6.45, 7) is 9.52. The summed E-state index contributed by atoms with van der Waals surface area (Å²) in [5, 5.41) is 3.41. The molecule has 228 valence electrons. The normalized spacial score (nSPS) is 19.3. The van der Waals surface area contributed by atoms with Crippen molar-refractivity contribution in [2.75, 3.05) is 52.4 Å². The maximum atomic E-state index is 12.6. The van der Waals surface area contributed by atoms with E-state index >= 15 is 0 Å². The molecule has 15 heteroatoms. The molecular weight excluding hydrogens is 604 g/mol. The molecule has 2 aromatic heterocycles. The van der Waals surface area contributed by atoms with Crippen molar-refractivity contribution < 1.29 is 26.4 Å². The minimum absolute atomic E-state index is 0. The van der Waals surface area contributed by atoms with Gasteiger partial charge < -0.3 is 15.0 Å². The lowest BCUT2D eigenvalue weighted by atomic mass is 10.2. The van der Waals surface area contributed by atoms with Gasteiger partial charge in [-0.3, -0.25) is 0 Å². The average molecular weight is 639 g/mol. The molecule has 0 fully saturated rings. The first-order chi connectivity index (χ1) is 19.3. The van der Waals surface area contributed by atoms with Gasteiger partial charge in [0.05, 0.1) is 0 Å². The van der Waals surface area contributed by atoms with Crippen molar-refractivity contribution in [2.45, 2.75) is 36.4 Å². The molecule has 0 aromatic carbocycles. The average Bonchev–Trinajstić information content (AvgIpc) is 3.69. The minimum atomic E-state index is -3.60. The molecule has 0 atom stereocenters. The number of halogens is 1. The van der Waals surface area contributed by atoms with E-state index in [0.717, 1.165) is 24.2 Å². The molecule has 0 saturated carbocycles. The predicted molar refractivity (Wildman–Crippen MR) is 158 cm³/mol. The van der Waals surface area contributed by atoms with Gasteiger partial charge in [-0.15, -0.1) is 12.4 Å². The second-order valence-electron chi connectivity index (χ2n) is 11.2. The van der Waals surface area contributed by atoms with E-state index in [2.05, 4.69) is 15.3 Å². The van der Waals surface area contributed by atoms with Crippen LogP contribution in [-0.4, -0.2) is 104 Å². The standard InChI is InChI=1S/C16H21N3O4S.C11H13N3O2S.ClH/c1-16(2,3)23-15(20)18-8-12-10-19(11-13(12)9-18)24(21,22)14-6-4-5-7-17-14;15-17(16,11-3-1-2-4-13-11)14-7-9-5-12-6-10(9)8-14;/h4-7H,8-11H2,1-3H3;1-4,12H,5-8H2;1H. The number of carbonyl (C=O) groups excluding carboxylic acids is 1. The van der Waals surface area contributed by atoms with E-state index in [1.807, 2.05) is 20.8 Å². The largest absolute Gasteiger partial charge is 0.444 e. The van der Waals surface area contributed by atoms with E-state index in [9.17, 15) is 21.6 Å². The first-order valence-corrected chi connectivity index (χ1v) is 16.1. The van der Waals surface area contributed by atoms with Crippen molar-refractivity contribution in [2.24, 2.45) is 0 Å². The summed E-state index contributed by atoms with van der Waals surface area (Å²) in [6, 6.07) is 9.77. The summed E-state index contributed by atoms with van der Waals surface area (Å²) in [7, 11) is -7.03. The number of nitrogens with zero attached hydrogens (tertiary/aromatic N) is 5. The highest BCUT2D eigenvalue weighted by molar-refractivity contribution is 7.89. The molecule has 2 aromatic rings. The van der Waals surface area contributed by atoms with Crippen LogP contribution in [-0.2, 0) is 24.8 Å². The van der Waals surface area contributed by atoms with Gasteiger partial charge in [-0.2, -0.15) is 8.61 Å². The molecule has 0 aliphatic carbocycles. The maximum absolute atomic E-state index is 12.6. The Hall–Kier alpha value is -2.88. The number of carbonyl (C=O) groups is 1. The molecule has 0 spiro atoms. The van der Waals surface area contributed by atoms with Crippen molar-refractivity contribution in [3.8, 4) is 0 Å². The number of sulfonamides is 2. The predicted octanol–water partition coefficient (Wildman–Crippen LogP) is 2.04. The van der Waals surface area contributed by atoms with Crippen LogP contribution < -0.4 is 5.32 Å². The summed E-state index contributed by atoms with van der Waals surface area (Å²) in [5.41, 5.74) is 3.83. The fourth-order valence-electron chi connectivity index (χ4n) is 5.04. The van der Waals surface area contributed by atoms with E-state index in [-0.39, 0.29) is 28.6 Å². The molecule has 0 radical (unpaired) electrons. The molecule has 4 aliphatic rings. The summed E-state index contributed by atoms with van der Waals surface area (Å²) >= 11 is 0. The zero-order valence-electron chi connectivity index (χ0n) is 23.7. The molecule has 12 nitrogen and oxygen atoms in total. The van der Waals surface area contributed by atoms with Gasteiger partial charge in [0.25, 0.3) is 20.0 Å². The lowest BCUT2D eigenvalue weighted by molar-refractivity contribution is 0.0295. The number of pyridine rings is 2. The van der Waals surface area contributed by atoms with Crippen molar-refractivity contribution in [1.82, 2.24) is 28.8 Å². The van der Waals surface area contributed by atoms with Crippen molar-refractivity contribution >= 4 is 38.5 Å². The third-order valence-electron chi connectivity index (χ3n) is 7.04. The zero-order valence-corrected chi connectivity index (χ0v) is 26.1. The first kappa shape index (κ1) is 32.0. The second kappa shape index (κ2) is 12.4. The van der Waals surface area contributed by atoms with Crippen LogP contribution >= 0.6 is 12.4 Å². The third kappa shape index (κ3) is 6.84. The topological polar surface area (TPSA) is 142 Å². The number of hydrogen-bond donors (Lipinski definition) is 1. The van der Waals surface area contributed by atoms with Crippen molar-refractivity contribution in [3.63, 3.8) is 0 Å². The molecule has 0 unspecified atom stereocenters. The van der Waals surface area contributed by atoms with E-state index in [4.69, 9.17) is 4.74 Å². The lowest BCUT2D eigenvalue weighted by Crippen LogP contribution is -2.39. The number of ether oxygens (including phenoxy) is 1. The number of aromatic nitrogens is 2. The molecule has 4 aliphatic heterocycles. The summed E-state index contributed by atoms with van der Waals surface area (Å²) in [5.74, 6) is 0. The number of hydrogen-bond acceptors (Lipinski definition) is 9. The van der Waals surface area contributed by atoms with Gasteiger partial charge in [0.15, 0.2) is 10.1 Å². The fraction of sp³-hybridized carbons (Fsp3) is 0.444. The van der Waals surface area contributed by atoms with Crippen LogP contribution in [0.4, 0.5) is 4.79 Å². The Balaban J connectivity index is 0.000000198. The van der Waals surface area contributed by atoms with Crippen molar-refractivity contribution in [1.29, 1.82) is 0 Å². The molecule has 0 saturated heterocycles. The summed E-state index contributed by atoms with van der Waals surface area (Å²) < 4.78 is 58.0. The SMILES string of the molecule is CC(C)(C)OC(=O)N1CC2=C(C1)CN(S(=O)(=O)c1ccccn1)C2.Cl.O=S(=O)(c1ccccn1)N1CC2=C(CNC2)C1. The number of amides is 1. The van der Waals surface area contributed by atoms with E-state index < -0.39 is 25.6 Å². The van der Waals surface area contributed by atoms with Crippen LogP contribution in [0.2, 0.25) is 0 Å². The first-order valence-electron chi connectivity index (χ1n) is 13.2. The van der Waals surface area contributed by atoms with Crippen LogP contribution in [0.1, 0.15) is 20.8 Å². The summed E-state index contributed by atoms with van der Waals surface area (Å²) in [4.78, 5) is 21.6. The number of nitrogens with one attached hydrogen (secondary N) is 1. The zero-order chi connectivity index (χ0) is 29.4. The van der Waals surface area contributed by atoms with Gasteiger partial charge >= 0.3 is 6.09 Å². The van der Waals surface area contributed by atoms with E-state index in [1.165, 1.54) is 44.3 Å². The minimum Gasteiger partial charge on any atom is -0.444 e. The maximum Gasteiger partial charge on any atom is 0.410 e. The second-order valence-corrected chi connectivity index (χ2v) is 15.0. The van der Waals surface area contributed by atoms with Crippen LogP contribution in [0.15, 0.2) is 81.1 Å². The van der Waals surface area contributed by atoms with Gasteiger partial charge in [-0.25, -0.2) is 31.6 Å². The Morgan fingerprint density at radius 1 is 0.738 bits per heavy atom. The van der Waals surface area contributed by atoms with Gasteiger partial charge in [-0.05, 0) is 67.3 Å². The van der Waals surface area contributed by atoms with Crippen LogP contribution in [0.3, 0.4) is 0 Å². The summed E-state index contributed by atoms with van der Waals surface area (Å²) in [6.07, 6.45) is 2.61. The Kier molecular flexibility index (Phi) is 9.45. The highest BCUT2D eigenvalue weighted by atomic mass is 35.5. The van der Waals surface area contributed by atoms with Crippen LogP contribution in [0.25, 0.3) is 0 Å². The fourth-order valence-corrected chi connectivity index (χ4v) is 7.76. The van der Waals surface area contributed by atoms with Gasteiger partial charge in [0.2, 0.25) is 0 Å². The molecule has 1 amide bonds. The van der Waals surface area contributed by atoms with Crippen LogP contribution in [0, 0.1) is 0 Å². The Morgan fingerprint density at radius 3 is 1.55 bits per heavy atom. The molecule has 1 N–H and O–H groups in total. The third-order valence-corrected chi connectivity index (χ3v) is 10.5. The van der Waals surface area contributed by atoms with Crippen molar-refractivity contribution in [3.05, 3.63) is 71.1 Å². The van der Waals surface area contributed by atoms with E-state index in [1.54, 1.807) is 29.2 Å². The molecule has 0 bridgehead atoms. The van der Waals surface area contributed by atoms with Crippen LogP contribution in [0.5, 0.6) is 0 Å². The quantitative estimate of drug-likeness (QED) is 0.498. The van der Waals surface area contributed by atoms with Gasteiger partial charge in [-0.1, -0.05) is 12.1 Å². The molecule has 42 heavy (non-hydrogen) atoms. The Labute approximate surface area is 253 Å². The highest BCUT2D eigenvalue weighted by Crippen LogP contribution is 2.30. The number of rotatable bonds is 4. The lowest BCUT2D eigenvalue weighted by Gasteiger charge is -2.26. The molecular formula is C27H35ClN6O6S2. The Morgan fingerprint density at radius 2 is 1.17 bits per heavy atom. The van der Waals surface area contributed by atoms with Gasteiger partial charge in [0, 0.05) is 64.8 Å². The molecule has 6 rings (SSSR count). The van der Waals surface area contributed by atoms with Gasteiger partial charge in [0.1, 0.15) is 5.60 Å². The Bertz CT molecular complexity index is 1560. The monoisotopic (exact) mass is 638 g/mol. The van der Waals surface area contributed by atoms with E-state index in [0.29, 0.717) is 39.3 Å². The molecule has 6 heterocycles. The smallest absolute Gasteiger partial charge is 0.410 e. The highest BCUT2D eigenvalue weighted by Gasteiger charge is 2.39.